The molecule has 0 radical (unpaired) electrons. The molecule has 1 fully saturated rings. The van der Waals surface area contributed by atoms with E-state index in [-0.39, 0.29) is 5.91 Å². The van der Waals surface area contributed by atoms with Gasteiger partial charge >= 0.3 is 0 Å². The molecule has 168 valence electrons. The van der Waals surface area contributed by atoms with Gasteiger partial charge in [0.15, 0.2) is 0 Å². The van der Waals surface area contributed by atoms with E-state index in [4.69, 9.17) is 20.9 Å². The predicted molar refractivity (Wildman–Crippen MR) is 127 cm³/mol. The van der Waals surface area contributed by atoms with E-state index in [2.05, 4.69) is 10.1 Å². The minimum absolute atomic E-state index is 0.0776. The number of hydrogen-bond acceptors (Lipinski definition) is 6. The van der Waals surface area contributed by atoms with Crippen LogP contribution in [0.3, 0.4) is 0 Å². The Labute approximate surface area is 197 Å². The molecule has 2 aromatic carbocycles. The predicted octanol–water partition coefficient (Wildman–Crippen LogP) is 4.77. The van der Waals surface area contributed by atoms with Crippen LogP contribution in [0.5, 0.6) is 5.75 Å². The summed E-state index contributed by atoms with van der Waals surface area (Å²) in [5.74, 6) is 2.23. The third kappa shape index (κ3) is 5.85. The highest BCUT2D eigenvalue weighted by Gasteiger charge is 2.24. The fourth-order valence-electron chi connectivity index (χ4n) is 3.59. The van der Waals surface area contributed by atoms with Crippen molar-refractivity contribution < 1.29 is 14.1 Å². The average molecular weight is 472 g/mol. The van der Waals surface area contributed by atoms with Crippen LogP contribution in [0.1, 0.15) is 21.8 Å². The Bertz CT molecular complexity index is 1050. The third-order valence-electron chi connectivity index (χ3n) is 5.33. The van der Waals surface area contributed by atoms with E-state index >= 15 is 0 Å². The van der Waals surface area contributed by atoms with Crippen LogP contribution in [0.2, 0.25) is 5.02 Å². The number of nitrogens with zero attached hydrogens (tertiary/aromatic N) is 3. The number of aryl methyl sites for hydroxylation is 1. The number of rotatable bonds is 8. The quantitative estimate of drug-likeness (QED) is 0.441. The van der Waals surface area contributed by atoms with Gasteiger partial charge in [-0.25, -0.2) is 0 Å². The lowest BCUT2D eigenvalue weighted by Gasteiger charge is -2.35. The zero-order valence-electron chi connectivity index (χ0n) is 18.0. The van der Waals surface area contributed by atoms with E-state index in [1.165, 1.54) is 0 Å². The van der Waals surface area contributed by atoms with Crippen LogP contribution in [0, 0.1) is 6.92 Å². The fourth-order valence-corrected chi connectivity index (χ4v) is 4.70. The largest absolute Gasteiger partial charge is 0.491 e. The lowest BCUT2D eigenvalue weighted by Crippen LogP contribution is -2.49. The van der Waals surface area contributed by atoms with Gasteiger partial charge in [0.1, 0.15) is 18.1 Å². The first-order chi connectivity index (χ1) is 15.6. The summed E-state index contributed by atoms with van der Waals surface area (Å²) in [5, 5.41) is 4.55. The molecule has 0 bridgehead atoms. The van der Waals surface area contributed by atoms with Crippen LogP contribution in [0.15, 0.2) is 64.0 Å². The molecule has 8 heteroatoms. The van der Waals surface area contributed by atoms with E-state index in [1.54, 1.807) is 11.8 Å². The van der Waals surface area contributed by atoms with E-state index < -0.39 is 0 Å². The minimum Gasteiger partial charge on any atom is -0.491 e. The number of thioether (sulfide) groups is 1. The van der Waals surface area contributed by atoms with Gasteiger partial charge in [-0.15, -0.1) is 11.8 Å². The summed E-state index contributed by atoms with van der Waals surface area (Å²) in [5.41, 5.74) is 1.60. The first-order valence-corrected chi connectivity index (χ1v) is 12.0. The number of carbonyl (C=O) groups excluding carboxylic acids is 1. The maximum atomic E-state index is 13.2. The Hall–Kier alpha value is -2.48. The highest BCUT2D eigenvalue weighted by atomic mass is 35.5. The summed E-state index contributed by atoms with van der Waals surface area (Å²) < 4.78 is 11.1. The first kappa shape index (κ1) is 22.7. The molecule has 1 aromatic heterocycles. The second kappa shape index (κ2) is 10.9. The average Bonchev–Trinajstić information content (AvgIpc) is 3.24. The maximum Gasteiger partial charge on any atom is 0.255 e. The Kier molecular flexibility index (Phi) is 7.73. The van der Waals surface area contributed by atoms with E-state index in [0.717, 1.165) is 41.5 Å². The number of amides is 1. The summed E-state index contributed by atoms with van der Waals surface area (Å²) in [6.07, 6.45) is 0. The van der Waals surface area contributed by atoms with Crippen molar-refractivity contribution in [2.45, 2.75) is 17.6 Å². The highest BCUT2D eigenvalue weighted by Crippen LogP contribution is 2.28. The van der Waals surface area contributed by atoms with Crippen molar-refractivity contribution in [1.82, 2.24) is 15.0 Å². The number of aromatic nitrogens is 1. The van der Waals surface area contributed by atoms with Gasteiger partial charge in [0.25, 0.3) is 5.91 Å². The number of benzene rings is 2. The smallest absolute Gasteiger partial charge is 0.255 e. The van der Waals surface area contributed by atoms with Crippen molar-refractivity contribution in [3.05, 3.63) is 76.6 Å². The summed E-state index contributed by atoms with van der Waals surface area (Å²) in [6, 6.07) is 17.2. The third-order valence-corrected chi connectivity index (χ3v) is 6.73. The lowest BCUT2D eigenvalue weighted by atomic mass is 10.2. The number of para-hydroxylation sites is 1. The van der Waals surface area contributed by atoms with Gasteiger partial charge in [-0.2, -0.15) is 0 Å². The number of piperazine rings is 1. The number of carbonyl (C=O) groups is 1. The SMILES string of the molecule is Cc1cc(CSc2ccccc2C(=O)N2CCN(CCOc3ccccc3Cl)CC2)on1. The van der Waals surface area contributed by atoms with Crippen LogP contribution in [-0.2, 0) is 5.75 Å². The Morgan fingerprint density at radius 1 is 1.12 bits per heavy atom. The molecule has 1 aliphatic heterocycles. The van der Waals surface area contributed by atoms with Crippen molar-refractivity contribution in [1.29, 1.82) is 0 Å². The van der Waals surface area contributed by atoms with E-state index in [0.29, 0.717) is 36.2 Å². The Balaban J connectivity index is 1.27. The standard InChI is InChI=1S/C24H26ClN3O3S/c1-18-16-19(31-26-18)17-32-23-9-5-2-6-20(23)24(29)28-12-10-27(11-13-28)14-15-30-22-8-4-3-7-21(22)25/h2-9,16H,10-15,17H2,1H3. The number of hydrogen-bond donors (Lipinski definition) is 0. The summed E-state index contributed by atoms with van der Waals surface area (Å²) in [7, 11) is 0. The molecule has 0 N–H and O–H groups in total. The molecular weight excluding hydrogens is 446 g/mol. The van der Waals surface area contributed by atoms with E-state index in [9.17, 15) is 4.79 Å². The molecule has 6 nitrogen and oxygen atoms in total. The van der Waals surface area contributed by atoms with Crippen LogP contribution in [0.4, 0.5) is 0 Å². The van der Waals surface area contributed by atoms with Crippen molar-refractivity contribution in [2.24, 2.45) is 0 Å². The number of ether oxygens (including phenoxy) is 1. The monoisotopic (exact) mass is 471 g/mol. The van der Waals surface area contributed by atoms with Crippen molar-refractivity contribution in [3.63, 3.8) is 0 Å². The molecule has 1 aliphatic rings. The van der Waals surface area contributed by atoms with E-state index in [1.807, 2.05) is 66.4 Å². The molecule has 0 aliphatic carbocycles. The van der Waals surface area contributed by atoms with Gasteiger partial charge in [0.05, 0.1) is 22.0 Å². The zero-order chi connectivity index (χ0) is 22.3. The van der Waals surface area contributed by atoms with Crippen molar-refractivity contribution >= 4 is 29.3 Å². The second-order valence-corrected chi connectivity index (χ2v) is 9.06. The Morgan fingerprint density at radius 3 is 2.62 bits per heavy atom. The van der Waals surface area contributed by atoms with Crippen LogP contribution < -0.4 is 4.74 Å². The molecule has 0 saturated carbocycles. The van der Waals surface area contributed by atoms with Crippen LogP contribution in [-0.4, -0.2) is 60.2 Å². The van der Waals surface area contributed by atoms with Crippen LogP contribution >= 0.6 is 23.4 Å². The first-order valence-electron chi connectivity index (χ1n) is 10.6. The highest BCUT2D eigenvalue weighted by molar-refractivity contribution is 7.98. The van der Waals surface area contributed by atoms with Gasteiger partial charge in [0, 0.05) is 43.7 Å². The molecule has 3 aromatic rings. The van der Waals surface area contributed by atoms with Gasteiger partial charge in [-0.05, 0) is 31.2 Å². The summed E-state index contributed by atoms with van der Waals surface area (Å²) in [6.45, 7) is 6.32. The molecule has 0 spiro atoms. The van der Waals surface area contributed by atoms with Gasteiger partial charge in [0.2, 0.25) is 0 Å². The molecule has 0 atom stereocenters. The van der Waals surface area contributed by atoms with Crippen molar-refractivity contribution in [3.8, 4) is 5.75 Å². The molecule has 0 unspecified atom stereocenters. The lowest BCUT2D eigenvalue weighted by molar-refractivity contribution is 0.0617. The molecular formula is C24H26ClN3O3S. The molecule has 1 amide bonds. The summed E-state index contributed by atoms with van der Waals surface area (Å²) in [4.78, 5) is 18.4. The Morgan fingerprint density at radius 2 is 1.88 bits per heavy atom. The van der Waals surface area contributed by atoms with Gasteiger partial charge in [-0.1, -0.05) is 41.0 Å². The van der Waals surface area contributed by atoms with Crippen LogP contribution in [0.25, 0.3) is 0 Å². The molecule has 2 heterocycles. The zero-order valence-corrected chi connectivity index (χ0v) is 19.6. The molecule has 32 heavy (non-hydrogen) atoms. The van der Waals surface area contributed by atoms with Gasteiger partial charge in [-0.3, -0.25) is 9.69 Å². The number of halogens is 1. The normalized spacial score (nSPS) is 14.5. The van der Waals surface area contributed by atoms with Gasteiger partial charge < -0.3 is 14.2 Å². The molecule has 4 rings (SSSR count). The minimum atomic E-state index is 0.0776. The maximum absolute atomic E-state index is 13.2. The fraction of sp³-hybridized carbons (Fsp3) is 0.333. The van der Waals surface area contributed by atoms with Crippen molar-refractivity contribution in [2.75, 3.05) is 39.3 Å². The molecule has 1 saturated heterocycles. The summed E-state index contributed by atoms with van der Waals surface area (Å²) >= 11 is 7.73. The second-order valence-electron chi connectivity index (χ2n) is 7.63. The topological polar surface area (TPSA) is 58.8 Å².